The summed E-state index contributed by atoms with van der Waals surface area (Å²) in [5.41, 5.74) is 3.79. The Labute approximate surface area is 246 Å². The van der Waals surface area contributed by atoms with E-state index >= 15 is 13.2 Å². The molecule has 0 unspecified atom stereocenters. The van der Waals surface area contributed by atoms with Gasteiger partial charge in [-0.05, 0) is 43.7 Å². The summed E-state index contributed by atoms with van der Waals surface area (Å²) in [7, 11) is -3.76. The number of benzene rings is 2. The smallest absolute Gasteiger partial charge is 0.419 e. The molecule has 0 saturated heterocycles. The molecule has 44 heavy (non-hydrogen) atoms. The van der Waals surface area contributed by atoms with Gasteiger partial charge in [-0.3, -0.25) is 4.79 Å². The number of nitrogens with zero attached hydrogens (tertiary/aromatic N) is 5. The van der Waals surface area contributed by atoms with Crippen LogP contribution in [0.1, 0.15) is 42.8 Å². The lowest BCUT2D eigenvalue weighted by Gasteiger charge is -2.25. The molecule has 1 amide bonds. The SMILES string of the molecule is CC(C)(c1nnc(-c2cc3c(cc2F)C(F)(F)C[C@@H](N)C(=O)N3Cc2ccc(-n3cc(C(F)(F)F)cn3)cc2)o1)S(C)(=O)=O. The van der Waals surface area contributed by atoms with Crippen LogP contribution in [0.2, 0.25) is 0 Å². The topological polar surface area (TPSA) is 137 Å². The first-order valence-electron chi connectivity index (χ1n) is 12.8. The maximum absolute atomic E-state index is 15.3. The van der Waals surface area contributed by atoms with Crippen molar-refractivity contribution >= 4 is 21.4 Å². The van der Waals surface area contributed by atoms with E-state index < -0.39 is 79.1 Å². The quantitative estimate of drug-likeness (QED) is 0.299. The van der Waals surface area contributed by atoms with Crippen LogP contribution in [0.5, 0.6) is 0 Å². The minimum absolute atomic E-state index is 0.253. The molecule has 0 fully saturated rings. The molecular weight excluding hydrogens is 618 g/mol. The Balaban J connectivity index is 1.55. The van der Waals surface area contributed by atoms with E-state index in [2.05, 4.69) is 15.3 Å². The number of carbonyl (C=O) groups excluding carboxylic acids is 1. The molecule has 1 aliphatic rings. The molecule has 1 aliphatic heterocycles. The molecule has 2 aromatic carbocycles. The van der Waals surface area contributed by atoms with Gasteiger partial charge in [-0.25, -0.2) is 26.3 Å². The van der Waals surface area contributed by atoms with E-state index in [0.717, 1.165) is 28.1 Å². The molecule has 4 aromatic rings. The summed E-state index contributed by atoms with van der Waals surface area (Å²) in [6.07, 6.45) is -3.31. The van der Waals surface area contributed by atoms with E-state index in [-0.39, 0.29) is 18.1 Å². The average molecular weight is 643 g/mol. The fourth-order valence-corrected chi connectivity index (χ4v) is 4.88. The van der Waals surface area contributed by atoms with E-state index in [0.29, 0.717) is 17.8 Å². The Kier molecular flexibility index (Phi) is 7.39. The van der Waals surface area contributed by atoms with E-state index in [1.54, 1.807) is 0 Å². The van der Waals surface area contributed by atoms with Crippen LogP contribution in [0.4, 0.5) is 32.0 Å². The lowest BCUT2D eigenvalue weighted by atomic mass is 9.99. The molecule has 0 bridgehead atoms. The fourth-order valence-electron chi connectivity index (χ4n) is 4.48. The van der Waals surface area contributed by atoms with Gasteiger partial charge < -0.3 is 15.1 Å². The minimum atomic E-state index is -4.59. The van der Waals surface area contributed by atoms with Crippen molar-refractivity contribution in [1.29, 1.82) is 0 Å². The average Bonchev–Trinajstić information content (AvgIpc) is 3.61. The van der Waals surface area contributed by atoms with Crippen molar-refractivity contribution < 1.29 is 44.0 Å². The standard InChI is InChI=1S/C27H24F6N6O4S/c1-25(2,44(3,41)42)24-37-36-22(43-24)17-8-21-18(9-19(17)28)26(29,30)10-20(34)23(40)38(21)12-14-4-6-16(7-5-14)39-13-15(11-35-39)27(31,32)33/h4-9,11,13,20H,10,12,34H2,1-3H3/t20-/m1/s1. The second kappa shape index (κ2) is 10.4. The van der Waals surface area contributed by atoms with Crippen molar-refractivity contribution in [2.75, 3.05) is 11.2 Å². The lowest BCUT2D eigenvalue weighted by molar-refractivity contribution is -0.137. The van der Waals surface area contributed by atoms with Gasteiger partial charge in [0.05, 0.1) is 41.3 Å². The van der Waals surface area contributed by atoms with E-state index in [1.165, 1.54) is 38.1 Å². The van der Waals surface area contributed by atoms with Gasteiger partial charge >= 0.3 is 6.18 Å². The summed E-state index contributed by atoms with van der Waals surface area (Å²) in [5, 5.41) is 11.1. The van der Waals surface area contributed by atoms with Crippen LogP contribution in [-0.4, -0.2) is 46.6 Å². The highest BCUT2D eigenvalue weighted by Gasteiger charge is 2.45. The van der Waals surface area contributed by atoms with Crippen molar-refractivity contribution in [3.63, 3.8) is 0 Å². The van der Waals surface area contributed by atoms with Gasteiger partial charge in [0.1, 0.15) is 10.6 Å². The number of hydrogen-bond donors (Lipinski definition) is 1. The summed E-state index contributed by atoms with van der Waals surface area (Å²) >= 11 is 0. The van der Waals surface area contributed by atoms with Crippen molar-refractivity contribution in [2.45, 2.75) is 49.7 Å². The first kappa shape index (κ1) is 31.2. The maximum Gasteiger partial charge on any atom is 0.419 e. The molecular formula is C27H24F6N6O4S. The number of amides is 1. The molecule has 234 valence electrons. The van der Waals surface area contributed by atoms with Crippen LogP contribution in [0.3, 0.4) is 0 Å². The summed E-state index contributed by atoms with van der Waals surface area (Å²) in [6, 6.07) is 5.53. The fraction of sp³-hybridized carbons (Fsp3) is 0.333. The highest BCUT2D eigenvalue weighted by molar-refractivity contribution is 7.91. The number of halogens is 6. The largest absolute Gasteiger partial charge is 0.419 e. The van der Waals surface area contributed by atoms with Crippen molar-refractivity contribution in [3.05, 3.63) is 77.2 Å². The van der Waals surface area contributed by atoms with Gasteiger partial charge in [0.15, 0.2) is 9.84 Å². The van der Waals surface area contributed by atoms with Crippen LogP contribution in [0.25, 0.3) is 17.1 Å². The van der Waals surface area contributed by atoms with Crippen LogP contribution < -0.4 is 10.6 Å². The monoisotopic (exact) mass is 642 g/mol. The summed E-state index contributed by atoms with van der Waals surface area (Å²) in [6.45, 7) is 2.26. The molecule has 10 nitrogen and oxygen atoms in total. The molecule has 5 rings (SSSR count). The second-order valence-corrected chi connectivity index (χ2v) is 13.4. The zero-order chi connectivity index (χ0) is 32.4. The first-order chi connectivity index (χ1) is 20.3. The normalized spacial score (nSPS) is 17.5. The zero-order valence-corrected chi connectivity index (χ0v) is 24.0. The molecule has 0 spiro atoms. The van der Waals surface area contributed by atoms with Gasteiger partial charge in [0.2, 0.25) is 11.8 Å². The molecule has 0 saturated carbocycles. The molecule has 2 N–H and O–H groups in total. The van der Waals surface area contributed by atoms with Crippen LogP contribution >= 0.6 is 0 Å². The Hall–Kier alpha value is -4.25. The molecule has 1 atom stereocenters. The Morgan fingerprint density at radius 3 is 2.36 bits per heavy atom. The third-order valence-corrected chi connectivity index (χ3v) is 9.41. The van der Waals surface area contributed by atoms with Gasteiger partial charge in [0.25, 0.3) is 11.8 Å². The van der Waals surface area contributed by atoms with Gasteiger partial charge in [-0.2, -0.15) is 18.3 Å². The van der Waals surface area contributed by atoms with Gasteiger partial charge in [-0.15, -0.1) is 10.2 Å². The summed E-state index contributed by atoms with van der Waals surface area (Å²) in [4.78, 5) is 14.2. The number of sulfone groups is 1. The van der Waals surface area contributed by atoms with Crippen LogP contribution in [0.15, 0.2) is 53.2 Å². The Morgan fingerprint density at radius 1 is 1.11 bits per heavy atom. The number of alkyl halides is 5. The molecule has 3 heterocycles. The Morgan fingerprint density at radius 2 is 1.77 bits per heavy atom. The summed E-state index contributed by atoms with van der Waals surface area (Å²) < 4.78 is 114. The highest BCUT2D eigenvalue weighted by Crippen LogP contribution is 2.45. The van der Waals surface area contributed by atoms with Crippen molar-refractivity contribution in [2.24, 2.45) is 5.73 Å². The number of carbonyl (C=O) groups is 1. The number of fused-ring (bicyclic) bond motifs is 1. The number of nitrogens with two attached hydrogens (primary N) is 1. The lowest BCUT2D eigenvalue weighted by Crippen LogP contribution is -2.43. The van der Waals surface area contributed by atoms with E-state index in [4.69, 9.17) is 10.2 Å². The van der Waals surface area contributed by atoms with Gasteiger partial charge in [-0.1, -0.05) is 12.1 Å². The Bertz CT molecular complexity index is 1850. The van der Waals surface area contributed by atoms with Crippen LogP contribution in [0, 0.1) is 5.82 Å². The first-order valence-corrected chi connectivity index (χ1v) is 14.7. The van der Waals surface area contributed by atoms with Crippen molar-refractivity contribution in [3.8, 4) is 17.1 Å². The molecule has 0 aliphatic carbocycles. The maximum atomic E-state index is 15.3. The molecule has 0 radical (unpaired) electrons. The predicted molar refractivity (Wildman–Crippen MR) is 144 cm³/mol. The minimum Gasteiger partial charge on any atom is -0.419 e. The molecule has 17 heteroatoms. The number of rotatable bonds is 6. The molecule has 2 aromatic heterocycles. The number of aromatic nitrogens is 4. The van der Waals surface area contributed by atoms with Crippen molar-refractivity contribution in [1.82, 2.24) is 20.0 Å². The van der Waals surface area contributed by atoms with Gasteiger partial charge in [0, 0.05) is 24.4 Å². The highest BCUT2D eigenvalue weighted by atomic mass is 32.2. The third kappa shape index (κ3) is 5.56. The summed E-state index contributed by atoms with van der Waals surface area (Å²) in [5.74, 6) is -6.71. The third-order valence-electron chi connectivity index (χ3n) is 7.38. The second-order valence-electron chi connectivity index (χ2n) is 10.8. The van der Waals surface area contributed by atoms with E-state index in [9.17, 15) is 26.4 Å². The van der Waals surface area contributed by atoms with Crippen LogP contribution in [-0.2, 0) is 38.0 Å². The van der Waals surface area contributed by atoms with E-state index in [1.807, 2.05) is 0 Å². The zero-order valence-electron chi connectivity index (χ0n) is 23.2. The number of hydrogen-bond acceptors (Lipinski definition) is 8. The number of anilines is 1. The predicted octanol–water partition coefficient (Wildman–Crippen LogP) is 4.72.